The van der Waals surface area contributed by atoms with E-state index in [1.165, 1.54) is 12.0 Å². The van der Waals surface area contributed by atoms with Gasteiger partial charge in [-0.25, -0.2) is 0 Å². The summed E-state index contributed by atoms with van der Waals surface area (Å²) in [6.07, 6.45) is 1.21. The minimum Gasteiger partial charge on any atom is -0.0993 e. The maximum absolute atomic E-state index is 4.33. The molecule has 0 nitrogen and oxygen atoms in total. The first-order valence-electron chi connectivity index (χ1n) is 6.56. The van der Waals surface area contributed by atoms with Crippen molar-refractivity contribution in [3.8, 4) is 0 Å². The van der Waals surface area contributed by atoms with Crippen LogP contribution < -0.4 is 0 Å². The Morgan fingerprint density at radius 2 is 1.44 bits per heavy atom. The molecule has 0 aromatic rings. The zero-order valence-corrected chi connectivity index (χ0v) is 12.6. The molecule has 0 heterocycles. The quantitative estimate of drug-likeness (QED) is 0.488. The van der Waals surface area contributed by atoms with E-state index in [4.69, 9.17) is 0 Å². The maximum Gasteiger partial charge on any atom is -0.0111 e. The fourth-order valence-electron chi connectivity index (χ4n) is 3.86. The lowest BCUT2D eigenvalue weighted by Crippen LogP contribution is -2.39. The van der Waals surface area contributed by atoms with Crippen LogP contribution in [0.1, 0.15) is 61.8 Å². The molecule has 0 heteroatoms. The van der Waals surface area contributed by atoms with Gasteiger partial charge in [0.25, 0.3) is 0 Å². The van der Waals surface area contributed by atoms with E-state index < -0.39 is 0 Å². The molecule has 0 aromatic carbocycles. The predicted octanol–water partition coefficient (Wildman–Crippen LogP) is 5.30. The Bertz CT molecular complexity index is 280. The van der Waals surface area contributed by atoms with Crippen molar-refractivity contribution in [2.45, 2.75) is 61.8 Å². The molecule has 0 aliphatic heterocycles. The van der Waals surface area contributed by atoms with Gasteiger partial charge in [0.05, 0.1) is 0 Å². The Kier molecular flexibility index (Phi) is 3.12. The van der Waals surface area contributed by atoms with Crippen molar-refractivity contribution >= 4 is 0 Å². The second-order valence-corrected chi connectivity index (χ2v) is 8.35. The second kappa shape index (κ2) is 3.62. The number of hydrogen-bond donors (Lipinski definition) is 0. The van der Waals surface area contributed by atoms with Gasteiger partial charge in [-0.3, -0.25) is 0 Å². The average Bonchev–Trinajstić information content (AvgIpc) is 2.20. The summed E-state index contributed by atoms with van der Waals surface area (Å²) >= 11 is 0. The van der Waals surface area contributed by atoms with Crippen LogP contribution in [-0.2, 0) is 0 Å². The first-order valence-corrected chi connectivity index (χ1v) is 6.56. The van der Waals surface area contributed by atoms with Crippen LogP contribution in [0.5, 0.6) is 0 Å². The lowest BCUT2D eigenvalue weighted by molar-refractivity contribution is 0.0400. The van der Waals surface area contributed by atoms with Crippen molar-refractivity contribution in [3.05, 3.63) is 12.2 Å². The number of hydrogen-bond acceptors (Lipinski definition) is 0. The fourth-order valence-corrected chi connectivity index (χ4v) is 3.86. The van der Waals surface area contributed by atoms with E-state index in [-0.39, 0.29) is 5.41 Å². The summed E-state index contributed by atoms with van der Waals surface area (Å²) in [6.45, 7) is 23.4. The maximum atomic E-state index is 4.33. The van der Waals surface area contributed by atoms with Gasteiger partial charge in [0, 0.05) is 0 Å². The second-order valence-electron chi connectivity index (χ2n) is 8.35. The Labute approximate surface area is 103 Å². The van der Waals surface area contributed by atoms with E-state index >= 15 is 0 Å². The van der Waals surface area contributed by atoms with E-state index in [1.54, 1.807) is 0 Å². The van der Waals surface area contributed by atoms with Crippen molar-refractivity contribution < 1.29 is 0 Å². The van der Waals surface area contributed by atoms with Crippen molar-refractivity contribution in [2.24, 2.45) is 28.1 Å². The molecular formula is C16H30. The molecule has 0 bridgehead atoms. The third kappa shape index (κ3) is 2.21. The summed E-state index contributed by atoms with van der Waals surface area (Å²) in [4.78, 5) is 0. The highest BCUT2D eigenvalue weighted by Gasteiger charge is 2.52. The van der Waals surface area contributed by atoms with Crippen LogP contribution in [0.4, 0.5) is 0 Å². The highest BCUT2D eigenvalue weighted by atomic mass is 14.6. The standard InChI is InChI=1S/C16H30/c1-11-10-12(14(2,3)4)13(15(5,6)7)16(11,8)9/h12-13H,1,10H2,2-9H3. The van der Waals surface area contributed by atoms with Crippen LogP contribution >= 0.6 is 0 Å². The molecule has 2 atom stereocenters. The smallest absolute Gasteiger partial charge is 0.0111 e. The largest absolute Gasteiger partial charge is 0.0993 e. The van der Waals surface area contributed by atoms with Gasteiger partial charge >= 0.3 is 0 Å². The number of rotatable bonds is 0. The molecule has 0 N–H and O–H groups in total. The molecule has 94 valence electrons. The molecule has 2 unspecified atom stereocenters. The topological polar surface area (TPSA) is 0 Å². The summed E-state index contributed by atoms with van der Waals surface area (Å²) in [7, 11) is 0. The lowest BCUT2D eigenvalue weighted by atomic mass is 9.60. The molecule has 0 aromatic heterocycles. The molecule has 1 aliphatic rings. The molecule has 0 saturated heterocycles. The Balaban J connectivity index is 3.19. The highest BCUT2D eigenvalue weighted by Crippen LogP contribution is 2.60. The zero-order valence-electron chi connectivity index (χ0n) is 12.6. The van der Waals surface area contributed by atoms with Crippen molar-refractivity contribution in [3.63, 3.8) is 0 Å². The van der Waals surface area contributed by atoms with Crippen LogP contribution in [0.15, 0.2) is 12.2 Å². The van der Waals surface area contributed by atoms with Crippen LogP contribution in [-0.4, -0.2) is 0 Å². The van der Waals surface area contributed by atoms with E-state index in [0.717, 1.165) is 11.8 Å². The minimum absolute atomic E-state index is 0.288. The normalized spacial score (nSPS) is 30.9. The summed E-state index contributed by atoms with van der Waals surface area (Å²) < 4.78 is 0. The van der Waals surface area contributed by atoms with Crippen LogP contribution in [0.25, 0.3) is 0 Å². The van der Waals surface area contributed by atoms with Crippen molar-refractivity contribution in [1.29, 1.82) is 0 Å². The van der Waals surface area contributed by atoms with Gasteiger partial charge < -0.3 is 0 Å². The van der Waals surface area contributed by atoms with E-state index in [2.05, 4.69) is 62.0 Å². The average molecular weight is 222 g/mol. The van der Waals surface area contributed by atoms with Gasteiger partial charge in [0.2, 0.25) is 0 Å². The third-order valence-electron chi connectivity index (χ3n) is 4.60. The number of allylic oxidation sites excluding steroid dienone is 1. The van der Waals surface area contributed by atoms with Crippen molar-refractivity contribution in [2.75, 3.05) is 0 Å². The van der Waals surface area contributed by atoms with Gasteiger partial charge in [-0.2, -0.15) is 0 Å². The summed E-state index contributed by atoms with van der Waals surface area (Å²) in [6, 6.07) is 0. The van der Waals surface area contributed by atoms with Crippen LogP contribution in [0.2, 0.25) is 0 Å². The first-order chi connectivity index (χ1) is 6.88. The summed E-state index contributed by atoms with van der Waals surface area (Å²) in [5.41, 5.74) is 2.48. The van der Waals surface area contributed by atoms with E-state index in [1.807, 2.05) is 0 Å². The van der Waals surface area contributed by atoms with Gasteiger partial charge in [0.1, 0.15) is 0 Å². The zero-order chi connectivity index (χ0) is 12.9. The van der Waals surface area contributed by atoms with Gasteiger partial charge in [-0.15, -0.1) is 0 Å². The first kappa shape index (κ1) is 13.8. The molecule has 0 radical (unpaired) electrons. The van der Waals surface area contributed by atoms with E-state index in [9.17, 15) is 0 Å². The third-order valence-corrected chi connectivity index (χ3v) is 4.60. The Morgan fingerprint density at radius 1 is 1.00 bits per heavy atom. The molecule has 0 amide bonds. The summed E-state index contributed by atoms with van der Waals surface area (Å²) in [5.74, 6) is 1.49. The summed E-state index contributed by atoms with van der Waals surface area (Å²) in [5, 5.41) is 0. The lowest BCUT2D eigenvalue weighted by Gasteiger charge is -2.45. The molecule has 16 heavy (non-hydrogen) atoms. The van der Waals surface area contributed by atoms with Gasteiger partial charge in [0.15, 0.2) is 0 Å². The molecular weight excluding hydrogens is 192 g/mol. The van der Waals surface area contributed by atoms with Crippen LogP contribution in [0.3, 0.4) is 0 Å². The minimum atomic E-state index is 0.288. The Hall–Kier alpha value is -0.260. The SMILES string of the molecule is C=C1CC(C(C)(C)C)C(C(C)(C)C)C1(C)C. The molecule has 1 saturated carbocycles. The highest BCUT2D eigenvalue weighted by molar-refractivity contribution is 5.21. The van der Waals surface area contributed by atoms with Gasteiger partial charge in [-0.05, 0) is 34.5 Å². The molecule has 1 fully saturated rings. The monoisotopic (exact) mass is 222 g/mol. The van der Waals surface area contributed by atoms with Crippen molar-refractivity contribution in [1.82, 2.24) is 0 Å². The Morgan fingerprint density at radius 3 is 1.69 bits per heavy atom. The van der Waals surface area contributed by atoms with E-state index in [0.29, 0.717) is 10.8 Å². The van der Waals surface area contributed by atoms with Gasteiger partial charge in [-0.1, -0.05) is 67.5 Å². The predicted molar refractivity (Wildman–Crippen MR) is 73.4 cm³/mol. The van der Waals surface area contributed by atoms with Crippen LogP contribution in [0, 0.1) is 28.1 Å². The molecule has 0 spiro atoms. The molecule has 1 aliphatic carbocycles. The fraction of sp³-hybridized carbons (Fsp3) is 0.875. The molecule has 1 rings (SSSR count).